The zero-order valence-electron chi connectivity index (χ0n) is 11.7. The molecule has 6 nitrogen and oxygen atoms in total. The number of thioether (sulfide) groups is 1. The van der Waals surface area contributed by atoms with Crippen LogP contribution in [-0.4, -0.2) is 38.1 Å². The number of aromatic nitrogens is 3. The molecule has 0 fully saturated rings. The lowest BCUT2D eigenvalue weighted by Crippen LogP contribution is -2.23. The monoisotopic (exact) mass is 376 g/mol. The smallest absolute Gasteiger partial charge is 0.132 e. The van der Waals surface area contributed by atoms with E-state index >= 15 is 0 Å². The van der Waals surface area contributed by atoms with Gasteiger partial charge < -0.3 is 0 Å². The summed E-state index contributed by atoms with van der Waals surface area (Å²) in [6, 6.07) is 0. The Morgan fingerprint density at radius 3 is 2.74 bits per heavy atom. The van der Waals surface area contributed by atoms with Crippen molar-refractivity contribution >= 4 is 91.9 Å². The Labute approximate surface area is 148 Å². The van der Waals surface area contributed by atoms with Gasteiger partial charge >= 0.3 is 0 Å². The van der Waals surface area contributed by atoms with Crippen molar-refractivity contribution in [3.8, 4) is 0 Å². The molecule has 3 aromatic rings. The number of hydrogen-bond donors (Lipinski definition) is 2. The van der Waals surface area contributed by atoms with Crippen molar-refractivity contribution in [2.75, 3.05) is 6.26 Å². The van der Waals surface area contributed by atoms with Gasteiger partial charge in [-0.3, -0.25) is 10.4 Å². The highest BCUT2D eigenvalue weighted by molar-refractivity contribution is 8.07. The highest BCUT2D eigenvalue weighted by atomic mass is 32.2. The fourth-order valence-corrected chi connectivity index (χ4v) is 5.05. The number of rotatable bonds is 2. The van der Waals surface area contributed by atoms with Gasteiger partial charge in [-0.2, -0.15) is 8.75 Å². The van der Waals surface area contributed by atoms with E-state index in [9.17, 15) is 0 Å². The predicted molar refractivity (Wildman–Crippen MR) is 104 cm³/mol. The standard InChI is InChI=1S/C13H8N6S4/c1-15-10-8(17-20)6(14)4-5(12(10)21-2)7-9(19-23-18-7)11-13(4)22-3-16-11/h3,14,20H,1H2,2H3/b14-6?,17-8+. The number of hydrogen-bond acceptors (Lipinski definition) is 10. The van der Waals surface area contributed by atoms with Crippen LogP contribution in [0, 0.1) is 5.41 Å². The molecule has 2 heterocycles. The van der Waals surface area contributed by atoms with Gasteiger partial charge in [0.2, 0.25) is 0 Å². The summed E-state index contributed by atoms with van der Waals surface area (Å²) in [6.45, 7) is 3.63. The van der Waals surface area contributed by atoms with Gasteiger partial charge in [-0.15, -0.1) is 23.1 Å². The van der Waals surface area contributed by atoms with Crippen molar-refractivity contribution in [2.45, 2.75) is 0 Å². The van der Waals surface area contributed by atoms with Crippen LogP contribution in [0.3, 0.4) is 0 Å². The largest absolute Gasteiger partial charge is 0.298 e. The molecule has 0 amide bonds. The van der Waals surface area contributed by atoms with Crippen LogP contribution in [0.5, 0.6) is 0 Å². The van der Waals surface area contributed by atoms with Crippen LogP contribution >= 0.6 is 47.6 Å². The average Bonchev–Trinajstić information content (AvgIpc) is 3.22. The molecule has 0 radical (unpaired) electrons. The minimum absolute atomic E-state index is 0.263. The second kappa shape index (κ2) is 5.48. The first-order valence-electron chi connectivity index (χ1n) is 6.31. The van der Waals surface area contributed by atoms with Gasteiger partial charge in [0.05, 0.1) is 27.7 Å². The molecule has 0 atom stereocenters. The molecule has 2 aromatic heterocycles. The maximum Gasteiger partial charge on any atom is 0.132 e. The van der Waals surface area contributed by atoms with Gasteiger partial charge in [-0.05, 0) is 25.8 Å². The lowest BCUT2D eigenvalue weighted by Gasteiger charge is -2.22. The number of thiazole rings is 1. The second-order valence-electron chi connectivity index (χ2n) is 4.61. The Morgan fingerprint density at radius 2 is 2.04 bits per heavy atom. The molecule has 23 heavy (non-hydrogen) atoms. The first-order chi connectivity index (χ1) is 11.2. The van der Waals surface area contributed by atoms with Crippen molar-refractivity contribution in [1.29, 1.82) is 5.41 Å². The summed E-state index contributed by atoms with van der Waals surface area (Å²) in [5, 5.41) is 8.60. The summed E-state index contributed by atoms with van der Waals surface area (Å²) in [4.78, 5) is 9.38. The summed E-state index contributed by atoms with van der Waals surface area (Å²) in [7, 11) is 0. The molecular formula is C13H8N6S4. The first kappa shape index (κ1) is 14.9. The highest BCUT2D eigenvalue weighted by Gasteiger charge is 2.33. The number of nitrogens with zero attached hydrogens (tertiary/aromatic N) is 5. The van der Waals surface area contributed by atoms with E-state index < -0.39 is 0 Å². The van der Waals surface area contributed by atoms with Gasteiger partial charge in [-0.25, -0.2) is 9.38 Å². The van der Waals surface area contributed by atoms with Crippen LogP contribution in [0.4, 0.5) is 0 Å². The van der Waals surface area contributed by atoms with Crippen LogP contribution in [0.1, 0.15) is 11.1 Å². The molecule has 10 heteroatoms. The summed E-state index contributed by atoms with van der Waals surface area (Å²) >= 11 is 8.18. The molecular weight excluding hydrogens is 368 g/mol. The van der Waals surface area contributed by atoms with Crippen molar-refractivity contribution < 1.29 is 0 Å². The summed E-state index contributed by atoms with van der Waals surface area (Å²) in [6.07, 6.45) is 1.96. The van der Waals surface area contributed by atoms with E-state index in [0.29, 0.717) is 11.4 Å². The van der Waals surface area contributed by atoms with E-state index in [0.717, 1.165) is 49.0 Å². The Bertz CT molecular complexity index is 1060. The zero-order valence-corrected chi connectivity index (χ0v) is 15.0. The molecule has 0 saturated heterocycles. The average molecular weight is 377 g/mol. The van der Waals surface area contributed by atoms with Gasteiger partial charge in [-0.1, -0.05) is 0 Å². The molecule has 114 valence electrons. The second-order valence-corrected chi connectivity index (χ2v) is 7.00. The number of aliphatic imine (C=N–C) groups is 1. The molecule has 0 aliphatic heterocycles. The molecule has 0 unspecified atom stereocenters. The Kier molecular flexibility index (Phi) is 3.56. The Hall–Kier alpha value is -1.62. The van der Waals surface area contributed by atoms with Crippen molar-refractivity contribution in [3.63, 3.8) is 0 Å². The van der Waals surface area contributed by atoms with E-state index in [1.54, 1.807) is 5.51 Å². The first-order valence-corrected chi connectivity index (χ1v) is 9.54. The number of nitrogens with one attached hydrogen (secondary N) is 1. The summed E-state index contributed by atoms with van der Waals surface area (Å²) in [5.41, 5.74) is 6.92. The maximum atomic E-state index is 8.60. The van der Waals surface area contributed by atoms with Gasteiger partial charge in [0.15, 0.2) is 0 Å². The number of benzene rings is 1. The van der Waals surface area contributed by atoms with Crippen LogP contribution in [0.25, 0.3) is 26.2 Å². The fourth-order valence-electron chi connectivity index (χ4n) is 2.70. The van der Waals surface area contributed by atoms with Gasteiger partial charge in [0, 0.05) is 16.0 Å². The zero-order chi connectivity index (χ0) is 16.1. The topological polar surface area (TPSA) is 87.2 Å². The van der Waals surface area contributed by atoms with E-state index in [4.69, 9.17) is 5.41 Å². The lowest BCUT2D eigenvalue weighted by atomic mass is 9.90. The lowest BCUT2D eigenvalue weighted by molar-refractivity contribution is 1.44. The van der Waals surface area contributed by atoms with Gasteiger partial charge in [0.25, 0.3) is 0 Å². The molecule has 1 aliphatic carbocycles. The predicted octanol–water partition coefficient (Wildman–Crippen LogP) is 3.70. The van der Waals surface area contributed by atoms with E-state index in [1.807, 2.05) is 6.26 Å². The van der Waals surface area contributed by atoms with Crippen LogP contribution in [0.2, 0.25) is 0 Å². The summed E-state index contributed by atoms with van der Waals surface area (Å²) < 4.78 is 13.7. The molecule has 0 spiro atoms. The fraction of sp³-hybridized carbons (Fsp3) is 0.0769. The van der Waals surface area contributed by atoms with Crippen LogP contribution in [0.15, 0.2) is 20.6 Å². The third-order valence-corrected chi connectivity index (χ3v) is 5.99. The van der Waals surface area contributed by atoms with Gasteiger partial charge in [0.1, 0.15) is 28.0 Å². The molecule has 4 rings (SSSR count). The van der Waals surface area contributed by atoms with Crippen LogP contribution < -0.4 is 0 Å². The third-order valence-electron chi connectivity index (χ3n) is 3.61. The van der Waals surface area contributed by atoms with Crippen molar-refractivity contribution in [1.82, 2.24) is 13.7 Å². The van der Waals surface area contributed by atoms with Crippen molar-refractivity contribution in [3.05, 3.63) is 22.3 Å². The minimum Gasteiger partial charge on any atom is -0.298 e. The number of fused-ring (bicyclic) bond motifs is 6. The van der Waals surface area contributed by atoms with Crippen LogP contribution in [-0.2, 0) is 0 Å². The molecule has 0 saturated carbocycles. The van der Waals surface area contributed by atoms with E-state index in [1.165, 1.54) is 23.1 Å². The SMILES string of the molecule is C=NC1=C(SC)c2c(c3scnc3c3nsnc23)C(=N)/C1=N\S. The molecule has 1 aliphatic rings. The molecule has 1 aromatic carbocycles. The Morgan fingerprint density at radius 1 is 1.26 bits per heavy atom. The highest BCUT2D eigenvalue weighted by Crippen LogP contribution is 2.45. The maximum absolute atomic E-state index is 8.60. The molecule has 0 bridgehead atoms. The van der Waals surface area contributed by atoms with Crippen molar-refractivity contribution in [2.24, 2.45) is 9.39 Å². The van der Waals surface area contributed by atoms with E-state index in [-0.39, 0.29) is 5.71 Å². The number of thiol groups is 1. The normalized spacial score (nSPS) is 16.6. The minimum atomic E-state index is 0.263. The summed E-state index contributed by atoms with van der Waals surface area (Å²) in [5.74, 6) is 0. The quantitative estimate of drug-likeness (QED) is 0.527. The molecule has 1 N–H and O–H groups in total. The Balaban J connectivity index is 2.31. The third kappa shape index (κ3) is 1.89. The van der Waals surface area contributed by atoms with E-state index in [2.05, 4.69) is 42.7 Å². The number of allylic oxidation sites excluding steroid dienone is 1.